The van der Waals surface area contributed by atoms with Crippen molar-refractivity contribution in [2.75, 3.05) is 24.6 Å². The molecule has 1 saturated heterocycles. The van der Waals surface area contributed by atoms with Gasteiger partial charge in [0.1, 0.15) is 5.82 Å². The van der Waals surface area contributed by atoms with Gasteiger partial charge in [0.15, 0.2) is 0 Å². The summed E-state index contributed by atoms with van der Waals surface area (Å²) in [7, 11) is -0.756. The molecule has 0 unspecified atom stereocenters. The van der Waals surface area contributed by atoms with Crippen LogP contribution in [-0.2, 0) is 22.0 Å². The number of rotatable bonds is 3. The Hall–Kier alpha value is -1.23. The molecule has 1 fully saturated rings. The lowest BCUT2D eigenvalue weighted by atomic mass is 10.1. The van der Waals surface area contributed by atoms with Crippen molar-refractivity contribution in [3.8, 4) is 0 Å². The van der Waals surface area contributed by atoms with E-state index in [-0.39, 0.29) is 11.7 Å². The van der Waals surface area contributed by atoms with Crippen molar-refractivity contribution in [1.29, 1.82) is 0 Å². The molecular formula is C13H16FNO2S. The Morgan fingerprint density at radius 2 is 1.83 bits per heavy atom. The van der Waals surface area contributed by atoms with Crippen molar-refractivity contribution >= 4 is 16.7 Å². The van der Waals surface area contributed by atoms with Gasteiger partial charge in [-0.25, -0.2) is 4.39 Å². The van der Waals surface area contributed by atoms with Gasteiger partial charge in [-0.2, -0.15) is 0 Å². The number of nitrogens with zero attached hydrogens (tertiary/aromatic N) is 1. The highest BCUT2D eigenvalue weighted by Gasteiger charge is 2.19. The standard InChI is InChI=1S/C13H16FNO2S/c14-12-4-1-11(2-5-12)3-6-13(16)15-7-9-18(17)10-8-15/h1-2,4-5H,3,6-10H2. The van der Waals surface area contributed by atoms with E-state index in [2.05, 4.69) is 0 Å². The summed E-state index contributed by atoms with van der Waals surface area (Å²) in [4.78, 5) is 13.7. The summed E-state index contributed by atoms with van der Waals surface area (Å²) in [5.74, 6) is 1.00. The van der Waals surface area contributed by atoms with Gasteiger partial charge in [-0.1, -0.05) is 12.1 Å². The van der Waals surface area contributed by atoms with Gasteiger partial charge in [0.25, 0.3) is 0 Å². The molecule has 1 amide bonds. The van der Waals surface area contributed by atoms with Gasteiger partial charge in [-0.15, -0.1) is 0 Å². The highest BCUT2D eigenvalue weighted by atomic mass is 32.2. The molecule has 98 valence electrons. The van der Waals surface area contributed by atoms with Gasteiger partial charge in [0, 0.05) is 41.8 Å². The van der Waals surface area contributed by atoms with Crippen molar-refractivity contribution in [3.05, 3.63) is 35.6 Å². The maximum atomic E-state index is 12.7. The van der Waals surface area contributed by atoms with Gasteiger partial charge < -0.3 is 4.90 Å². The van der Waals surface area contributed by atoms with E-state index in [9.17, 15) is 13.4 Å². The van der Waals surface area contributed by atoms with E-state index < -0.39 is 10.8 Å². The minimum Gasteiger partial charge on any atom is -0.341 e. The fourth-order valence-electron chi connectivity index (χ4n) is 1.95. The zero-order valence-electron chi connectivity index (χ0n) is 10.1. The fourth-order valence-corrected chi connectivity index (χ4v) is 3.00. The maximum absolute atomic E-state index is 12.7. The molecule has 0 radical (unpaired) electrons. The first-order valence-corrected chi connectivity index (χ1v) is 7.51. The van der Waals surface area contributed by atoms with Crippen LogP contribution in [0.15, 0.2) is 24.3 Å². The predicted molar refractivity (Wildman–Crippen MR) is 69.2 cm³/mol. The van der Waals surface area contributed by atoms with Crippen LogP contribution in [0.4, 0.5) is 4.39 Å². The third-order valence-electron chi connectivity index (χ3n) is 3.07. The summed E-state index contributed by atoms with van der Waals surface area (Å²) < 4.78 is 23.9. The Morgan fingerprint density at radius 1 is 1.22 bits per heavy atom. The monoisotopic (exact) mass is 269 g/mol. The largest absolute Gasteiger partial charge is 0.341 e. The Labute approximate surface area is 108 Å². The molecule has 1 aromatic carbocycles. The quantitative estimate of drug-likeness (QED) is 0.830. The van der Waals surface area contributed by atoms with E-state index in [1.165, 1.54) is 12.1 Å². The Balaban J connectivity index is 1.81. The van der Waals surface area contributed by atoms with E-state index in [1.807, 2.05) is 0 Å². The minimum atomic E-state index is -0.756. The second-order valence-corrected chi connectivity index (χ2v) is 6.05. The summed E-state index contributed by atoms with van der Waals surface area (Å²) in [5, 5.41) is 0. The molecule has 1 aromatic rings. The first-order valence-electron chi connectivity index (χ1n) is 6.02. The highest BCUT2D eigenvalue weighted by molar-refractivity contribution is 7.85. The molecule has 3 nitrogen and oxygen atoms in total. The number of amides is 1. The van der Waals surface area contributed by atoms with E-state index in [0.717, 1.165) is 5.56 Å². The summed E-state index contributed by atoms with van der Waals surface area (Å²) in [5.41, 5.74) is 0.963. The number of carbonyl (C=O) groups excluding carboxylic acids is 1. The normalized spacial score (nSPS) is 16.8. The molecule has 1 aliphatic rings. The van der Waals surface area contributed by atoms with Crippen LogP contribution in [0.2, 0.25) is 0 Å². The van der Waals surface area contributed by atoms with Crippen LogP contribution < -0.4 is 0 Å². The van der Waals surface area contributed by atoms with Crippen LogP contribution in [0.3, 0.4) is 0 Å². The van der Waals surface area contributed by atoms with Crippen LogP contribution >= 0.6 is 0 Å². The van der Waals surface area contributed by atoms with Crippen LogP contribution in [0.25, 0.3) is 0 Å². The SMILES string of the molecule is O=C(CCc1ccc(F)cc1)N1CCS(=O)CC1. The van der Waals surface area contributed by atoms with Gasteiger partial charge in [-0.05, 0) is 24.1 Å². The van der Waals surface area contributed by atoms with Crippen molar-refractivity contribution in [3.63, 3.8) is 0 Å². The summed E-state index contributed by atoms with van der Waals surface area (Å²) in [6.45, 7) is 1.18. The minimum absolute atomic E-state index is 0.0935. The number of halogens is 1. The lowest BCUT2D eigenvalue weighted by Crippen LogP contribution is -2.41. The molecule has 1 heterocycles. The van der Waals surface area contributed by atoms with Gasteiger partial charge in [-0.3, -0.25) is 9.00 Å². The molecule has 0 spiro atoms. The summed E-state index contributed by atoms with van der Waals surface area (Å²) in [6, 6.07) is 6.22. The topological polar surface area (TPSA) is 37.4 Å². The van der Waals surface area contributed by atoms with Crippen molar-refractivity contribution in [2.24, 2.45) is 0 Å². The molecule has 0 aliphatic carbocycles. The molecule has 0 aromatic heterocycles. The van der Waals surface area contributed by atoms with Crippen molar-refractivity contribution < 1.29 is 13.4 Å². The summed E-state index contributed by atoms with van der Waals surface area (Å²) >= 11 is 0. The molecule has 0 N–H and O–H groups in total. The Kier molecular flexibility index (Phi) is 4.47. The van der Waals surface area contributed by atoms with E-state index in [1.54, 1.807) is 17.0 Å². The lowest BCUT2D eigenvalue weighted by molar-refractivity contribution is -0.130. The maximum Gasteiger partial charge on any atom is 0.222 e. The van der Waals surface area contributed by atoms with Crippen LogP contribution in [0.5, 0.6) is 0 Å². The molecule has 0 saturated carbocycles. The first-order chi connectivity index (χ1) is 8.65. The zero-order chi connectivity index (χ0) is 13.0. The highest BCUT2D eigenvalue weighted by Crippen LogP contribution is 2.08. The molecule has 0 atom stereocenters. The smallest absolute Gasteiger partial charge is 0.222 e. The Bertz CT molecular complexity index is 437. The third kappa shape index (κ3) is 3.63. The van der Waals surface area contributed by atoms with Crippen molar-refractivity contribution in [1.82, 2.24) is 4.90 Å². The van der Waals surface area contributed by atoms with Crippen LogP contribution in [0, 0.1) is 5.82 Å². The number of carbonyl (C=O) groups is 1. The van der Waals surface area contributed by atoms with Crippen molar-refractivity contribution in [2.45, 2.75) is 12.8 Å². The molecule has 0 bridgehead atoms. The molecular weight excluding hydrogens is 253 g/mol. The number of hydrogen-bond acceptors (Lipinski definition) is 2. The Morgan fingerprint density at radius 3 is 2.44 bits per heavy atom. The van der Waals surface area contributed by atoms with Gasteiger partial charge in [0.2, 0.25) is 5.91 Å². The average Bonchev–Trinajstić information content (AvgIpc) is 2.38. The number of hydrogen-bond donors (Lipinski definition) is 0. The lowest BCUT2D eigenvalue weighted by Gasteiger charge is -2.26. The third-order valence-corrected chi connectivity index (χ3v) is 4.35. The second kappa shape index (κ2) is 6.09. The van der Waals surface area contributed by atoms with Gasteiger partial charge in [0.05, 0.1) is 0 Å². The van der Waals surface area contributed by atoms with E-state index >= 15 is 0 Å². The number of benzene rings is 1. The zero-order valence-corrected chi connectivity index (χ0v) is 10.9. The molecule has 5 heteroatoms. The fraction of sp³-hybridized carbons (Fsp3) is 0.462. The molecule has 2 rings (SSSR count). The second-order valence-electron chi connectivity index (χ2n) is 4.36. The predicted octanol–water partition coefficient (Wildman–Crippen LogP) is 1.35. The van der Waals surface area contributed by atoms with Crippen LogP contribution in [-0.4, -0.2) is 39.6 Å². The average molecular weight is 269 g/mol. The van der Waals surface area contributed by atoms with E-state index in [0.29, 0.717) is 37.4 Å². The number of aryl methyl sites for hydroxylation is 1. The van der Waals surface area contributed by atoms with Crippen LogP contribution in [0.1, 0.15) is 12.0 Å². The van der Waals surface area contributed by atoms with E-state index in [4.69, 9.17) is 0 Å². The molecule has 1 aliphatic heterocycles. The summed E-state index contributed by atoms with van der Waals surface area (Å²) in [6.07, 6.45) is 1.05. The molecule has 18 heavy (non-hydrogen) atoms. The van der Waals surface area contributed by atoms with Gasteiger partial charge >= 0.3 is 0 Å². The first kappa shape index (κ1) is 13.2.